The van der Waals surface area contributed by atoms with E-state index < -0.39 is 0 Å². The van der Waals surface area contributed by atoms with E-state index in [2.05, 4.69) is 31.2 Å². The number of fused-ring (bicyclic) bond motifs is 4. The lowest BCUT2D eigenvalue weighted by atomic mass is 9.53. The van der Waals surface area contributed by atoms with Crippen LogP contribution in [0.1, 0.15) is 89.0 Å². The van der Waals surface area contributed by atoms with Crippen molar-refractivity contribution >= 4 is 23.2 Å². The molecule has 34 heavy (non-hydrogen) atoms. The molecule has 0 amide bonds. The summed E-state index contributed by atoms with van der Waals surface area (Å²) in [6.07, 6.45) is 12.6. The van der Waals surface area contributed by atoms with Gasteiger partial charge in [-0.3, -0.25) is 9.59 Å². The van der Waals surface area contributed by atoms with Gasteiger partial charge in [0.2, 0.25) is 0 Å². The van der Waals surface area contributed by atoms with E-state index in [1.54, 1.807) is 5.57 Å². The first-order valence-corrected chi connectivity index (χ1v) is 13.8. The van der Waals surface area contributed by atoms with Gasteiger partial charge in [0.1, 0.15) is 11.5 Å². The summed E-state index contributed by atoms with van der Waals surface area (Å²) in [5.41, 5.74) is 5.34. The van der Waals surface area contributed by atoms with Crippen LogP contribution in [0, 0.1) is 17.3 Å². The number of ether oxygens (including phenoxy) is 1. The van der Waals surface area contributed by atoms with Crippen LogP contribution in [0.15, 0.2) is 47.1 Å². The van der Waals surface area contributed by atoms with Crippen LogP contribution in [-0.2, 0) is 9.59 Å². The quantitative estimate of drug-likeness (QED) is 0.289. The molecule has 4 aliphatic carbocycles. The summed E-state index contributed by atoms with van der Waals surface area (Å²) >= 11 is 5.75. The van der Waals surface area contributed by atoms with Crippen molar-refractivity contribution in [2.75, 3.05) is 12.5 Å². The summed E-state index contributed by atoms with van der Waals surface area (Å²) in [6.45, 7) is 2.97. The number of ketones is 2. The van der Waals surface area contributed by atoms with Gasteiger partial charge in [0, 0.05) is 30.1 Å². The molecule has 5 rings (SSSR count). The van der Waals surface area contributed by atoms with Gasteiger partial charge in [-0.15, -0.1) is 11.6 Å². The molecule has 3 nitrogen and oxygen atoms in total. The predicted molar refractivity (Wildman–Crippen MR) is 136 cm³/mol. The molecular weight excluding hydrogens is 444 g/mol. The van der Waals surface area contributed by atoms with Crippen LogP contribution in [-0.4, -0.2) is 24.1 Å². The largest absolute Gasteiger partial charge is 0.494 e. The average Bonchev–Trinajstić information content (AvgIpc) is 3.15. The molecule has 0 N–H and O–H groups in total. The first-order chi connectivity index (χ1) is 16.5. The minimum absolute atomic E-state index is 0.219. The predicted octanol–water partition coefficient (Wildman–Crippen LogP) is 7.33. The summed E-state index contributed by atoms with van der Waals surface area (Å²) in [5.74, 6) is 3.57. The van der Waals surface area contributed by atoms with Crippen molar-refractivity contribution in [2.24, 2.45) is 17.3 Å². The van der Waals surface area contributed by atoms with Crippen molar-refractivity contribution < 1.29 is 14.3 Å². The standard InChI is InChI=1S/C30H37ClO3/c1-30-19-26(20-6-10-23(11-7-20)34-17-5-3-2-4-16-31)29-24-13-9-22(32)18-21(24)8-12-25(29)27(30)14-15-28(30)33/h6-7,10-11,18,25-27H,2-5,8-9,12-17,19H2,1H3/t25-,26+,27-,30-/m0/s1. The van der Waals surface area contributed by atoms with E-state index in [4.69, 9.17) is 16.3 Å². The molecule has 4 heteroatoms. The minimum atomic E-state index is -0.219. The Labute approximate surface area is 209 Å². The Balaban J connectivity index is 1.40. The van der Waals surface area contributed by atoms with Crippen molar-refractivity contribution in [3.05, 3.63) is 52.6 Å². The van der Waals surface area contributed by atoms with Gasteiger partial charge in [0.05, 0.1) is 6.61 Å². The highest BCUT2D eigenvalue weighted by Gasteiger charge is 2.56. The number of hydrogen-bond acceptors (Lipinski definition) is 3. The molecule has 0 spiro atoms. The Bertz CT molecular complexity index is 1000. The maximum atomic E-state index is 13.1. The molecular formula is C30H37ClO3. The third kappa shape index (κ3) is 4.41. The topological polar surface area (TPSA) is 43.4 Å². The van der Waals surface area contributed by atoms with Crippen LogP contribution in [0.25, 0.3) is 0 Å². The van der Waals surface area contributed by atoms with Crippen molar-refractivity contribution in [3.8, 4) is 5.75 Å². The second-order valence-electron chi connectivity index (χ2n) is 11.0. The zero-order chi connectivity index (χ0) is 23.7. The zero-order valence-corrected chi connectivity index (χ0v) is 21.2. The molecule has 0 radical (unpaired) electrons. The van der Waals surface area contributed by atoms with Gasteiger partial charge < -0.3 is 4.74 Å². The second kappa shape index (κ2) is 10.0. The number of benzene rings is 1. The average molecular weight is 481 g/mol. The summed E-state index contributed by atoms with van der Waals surface area (Å²) < 4.78 is 5.99. The molecule has 4 atom stereocenters. The molecule has 0 saturated heterocycles. The lowest BCUT2D eigenvalue weighted by Crippen LogP contribution is -2.43. The van der Waals surface area contributed by atoms with Gasteiger partial charge in [-0.1, -0.05) is 37.5 Å². The lowest BCUT2D eigenvalue weighted by Gasteiger charge is -2.50. The van der Waals surface area contributed by atoms with Crippen LogP contribution in [0.4, 0.5) is 0 Å². The Morgan fingerprint density at radius 1 is 0.971 bits per heavy atom. The van der Waals surface area contributed by atoms with Gasteiger partial charge in [-0.2, -0.15) is 0 Å². The van der Waals surface area contributed by atoms with Gasteiger partial charge in [-0.25, -0.2) is 0 Å². The van der Waals surface area contributed by atoms with Crippen LogP contribution in [0.2, 0.25) is 0 Å². The fourth-order valence-corrected chi connectivity index (χ4v) is 7.46. The first-order valence-electron chi connectivity index (χ1n) is 13.3. The number of carbonyl (C=O) groups excluding carboxylic acids is 2. The number of unbranched alkanes of at least 4 members (excludes halogenated alkanes) is 3. The van der Waals surface area contributed by atoms with E-state index >= 15 is 0 Å². The molecule has 0 bridgehead atoms. The van der Waals surface area contributed by atoms with Crippen LogP contribution >= 0.6 is 11.6 Å². The lowest BCUT2D eigenvalue weighted by molar-refractivity contribution is -0.128. The molecule has 2 fully saturated rings. The van der Waals surface area contributed by atoms with Crippen molar-refractivity contribution in [3.63, 3.8) is 0 Å². The molecule has 0 aliphatic heterocycles. The van der Waals surface area contributed by atoms with E-state index in [-0.39, 0.29) is 17.1 Å². The first kappa shape index (κ1) is 23.9. The third-order valence-electron chi connectivity index (χ3n) is 9.02. The summed E-state index contributed by atoms with van der Waals surface area (Å²) in [7, 11) is 0. The number of halogens is 1. The fraction of sp³-hybridized carbons (Fsp3) is 0.600. The molecule has 0 heterocycles. The molecule has 0 aromatic heterocycles. The number of allylic oxidation sites excluding steroid dienone is 4. The van der Waals surface area contributed by atoms with E-state index in [9.17, 15) is 9.59 Å². The third-order valence-corrected chi connectivity index (χ3v) is 9.29. The molecule has 0 unspecified atom stereocenters. The molecule has 182 valence electrons. The van der Waals surface area contributed by atoms with Crippen molar-refractivity contribution in [1.29, 1.82) is 0 Å². The van der Waals surface area contributed by atoms with E-state index in [1.165, 1.54) is 16.7 Å². The van der Waals surface area contributed by atoms with Gasteiger partial charge in [-0.05, 0) is 91.7 Å². The Morgan fingerprint density at radius 3 is 2.56 bits per heavy atom. The van der Waals surface area contributed by atoms with Crippen LogP contribution < -0.4 is 4.74 Å². The Kier molecular flexibility index (Phi) is 7.02. The smallest absolute Gasteiger partial charge is 0.156 e. The number of Topliss-reactive ketones (excluding diaryl/α,β-unsaturated/α-hetero) is 1. The van der Waals surface area contributed by atoms with E-state index in [0.717, 1.165) is 82.4 Å². The monoisotopic (exact) mass is 480 g/mol. The summed E-state index contributed by atoms with van der Waals surface area (Å²) in [5, 5.41) is 0. The van der Waals surface area contributed by atoms with Gasteiger partial charge in [0.15, 0.2) is 5.78 Å². The molecule has 4 aliphatic rings. The Hall–Kier alpha value is -1.87. The second-order valence-corrected chi connectivity index (χ2v) is 11.4. The van der Waals surface area contributed by atoms with Crippen LogP contribution in [0.5, 0.6) is 5.75 Å². The maximum Gasteiger partial charge on any atom is 0.156 e. The fourth-order valence-electron chi connectivity index (χ4n) is 7.27. The van der Waals surface area contributed by atoms with Gasteiger partial charge in [0.25, 0.3) is 0 Å². The Morgan fingerprint density at radius 2 is 1.76 bits per heavy atom. The molecule has 2 saturated carbocycles. The van der Waals surface area contributed by atoms with Crippen molar-refractivity contribution in [1.82, 2.24) is 0 Å². The normalized spacial score (nSPS) is 30.5. The SMILES string of the molecule is C[C@]12C[C@H](c3ccc(OCCCCCCCl)cc3)C3=C4CCC(=O)C=C4CC[C@H]3[C@@H]1CCC2=O. The maximum absolute atomic E-state index is 13.1. The highest BCUT2D eigenvalue weighted by atomic mass is 35.5. The van der Waals surface area contributed by atoms with E-state index in [1.807, 2.05) is 6.08 Å². The van der Waals surface area contributed by atoms with Crippen LogP contribution in [0.3, 0.4) is 0 Å². The number of rotatable bonds is 8. The highest BCUT2D eigenvalue weighted by molar-refractivity contribution is 6.17. The molecule has 1 aromatic rings. The van der Waals surface area contributed by atoms with E-state index in [0.29, 0.717) is 24.0 Å². The summed E-state index contributed by atoms with van der Waals surface area (Å²) in [6, 6.07) is 8.63. The van der Waals surface area contributed by atoms with Crippen molar-refractivity contribution in [2.45, 2.75) is 83.5 Å². The summed E-state index contributed by atoms with van der Waals surface area (Å²) in [4.78, 5) is 25.2. The van der Waals surface area contributed by atoms with Gasteiger partial charge >= 0.3 is 0 Å². The number of carbonyl (C=O) groups is 2. The highest BCUT2D eigenvalue weighted by Crippen LogP contribution is 2.62. The molecule has 1 aromatic carbocycles. The minimum Gasteiger partial charge on any atom is -0.494 e. The number of hydrogen-bond donors (Lipinski definition) is 0. The number of alkyl halides is 1. The zero-order valence-electron chi connectivity index (χ0n) is 20.4.